The number of nitrogens with zero attached hydrogens (tertiary/aromatic N) is 1. The van der Waals surface area contributed by atoms with Gasteiger partial charge in [-0.3, -0.25) is 4.98 Å². The number of pyridine rings is 1. The van der Waals surface area contributed by atoms with Gasteiger partial charge in [0, 0.05) is 23.0 Å². The summed E-state index contributed by atoms with van der Waals surface area (Å²) in [6.07, 6.45) is 3.45. The monoisotopic (exact) mass is 264 g/mol. The molecule has 0 saturated heterocycles. The van der Waals surface area contributed by atoms with Crippen molar-refractivity contribution in [2.24, 2.45) is 0 Å². The van der Waals surface area contributed by atoms with E-state index in [1.54, 1.807) is 31.6 Å². The van der Waals surface area contributed by atoms with E-state index in [-0.39, 0.29) is 11.9 Å². The molecule has 2 nitrogen and oxygen atoms in total. The van der Waals surface area contributed by atoms with Crippen LogP contribution in [0.4, 0.5) is 4.39 Å². The molecule has 1 heterocycles. The molecule has 0 aliphatic heterocycles. The van der Waals surface area contributed by atoms with Gasteiger partial charge >= 0.3 is 0 Å². The summed E-state index contributed by atoms with van der Waals surface area (Å²) in [6.45, 7) is 1.97. The predicted molar refractivity (Wildman–Crippen MR) is 71.3 cm³/mol. The molecule has 1 aromatic carbocycles. The van der Waals surface area contributed by atoms with Crippen LogP contribution in [-0.2, 0) is 0 Å². The van der Waals surface area contributed by atoms with E-state index in [0.29, 0.717) is 10.6 Å². The predicted octanol–water partition coefficient (Wildman–Crippen LogP) is 3.49. The van der Waals surface area contributed by atoms with E-state index < -0.39 is 0 Å². The molecule has 94 valence electrons. The lowest BCUT2D eigenvalue weighted by Gasteiger charge is -2.20. The molecule has 18 heavy (non-hydrogen) atoms. The number of hydrogen-bond acceptors (Lipinski definition) is 2. The average molecular weight is 265 g/mol. The normalized spacial score (nSPS) is 12.4. The lowest BCUT2D eigenvalue weighted by atomic mass is 9.96. The van der Waals surface area contributed by atoms with Gasteiger partial charge in [0.1, 0.15) is 5.82 Å². The van der Waals surface area contributed by atoms with Crippen LogP contribution in [0.1, 0.15) is 22.7 Å². The Bertz CT molecular complexity index is 537. The van der Waals surface area contributed by atoms with Crippen molar-refractivity contribution in [2.45, 2.75) is 13.0 Å². The summed E-state index contributed by atoms with van der Waals surface area (Å²) >= 11 is 6.10. The molecular formula is C14H14ClFN2. The zero-order valence-corrected chi connectivity index (χ0v) is 11.0. The van der Waals surface area contributed by atoms with E-state index >= 15 is 0 Å². The molecule has 0 radical (unpaired) electrons. The van der Waals surface area contributed by atoms with Gasteiger partial charge in [-0.25, -0.2) is 4.39 Å². The molecule has 2 rings (SSSR count). The highest BCUT2D eigenvalue weighted by Crippen LogP contribution is 2.31. The van der Waals surface area contributed by atoms with Crippen molar-refractivity contribution in [3.05, 3.63) is 64.2 Å². The van der Waals surface area contributed by atoms with E-state index in [1.165, 1.54) is 6.07 Å². The van der Waals surface area contributed by atoms with Gasteiger partial charge in [-0.05, 0) is 43.3 Å². The Morgan fingerprint density at radius 2 is 2.11 bits per heavy atom. The minimum Gasteiger partial charge on any atom is -0.309 e. The van der Waals surface area contributed by atoms with Gasteiger partial charge in [-0.15, -0.1) is 0 Å². The maximum absolute atomic E-state index is 14.0. The number of rotatable bonds is 3. The highest BCUT2D eigenvalue weighted by Gasteiger charge is 2.20. The van der Waals surface area contributed by atoms with Crippen molar-refractivity contribution >= 4 is 11.6 Å². The Balaban J connectivity index is 2.56. The van der Waals surface area contributed by atoms with Crippen molar-refractivity contribution in [3.8, 4) is 0 Å². The first-order valence-electron chi connectivity index (χ1n) is 5.67. The Hall–Kier alpha value is -1.45. The first-order chi connectivity index (χ1) is 8.65. The lowest BCUT2D eigenvalue weighted by molar-refractivity contribution is 0.574. The van der Waals surface area contributed by atoms with Crippen LogP contribution in [0.3, 0.4) is 0 Å². The third-order valence-electron chi connectivity index (χ3n) is 2.97. The molecule has 0 spiro atoms. The number of halogens is 2. The number of aromatic nitrogens is 1. The fraction of sp³-hybridized carbons (Fsp3) is 0.214. The second-order valence-electron chi connectivity index (χ2n) is 4.09. The molecule has 0 amide bonds. The Morgan fingerprint density at radius 3 is 2.72 bits per heavy atom. The summed E-state index contributed by atoms with van der Waals surface area (Å²) in [6, 6.07) is 6.30. The number of aryl methyl sites for hydroxylation is 1. The molecule has 1 N–H and O–H groups in total. The van der Waals surface area contributed by atoms with Gasteiger partial charge in [-0.1, -0.05) is 17.7 Å². The van der Waals surface area contributed by atoms with Crippen molar-refractivity contribution in [3.63, 3.8) is 0 Å². The third kappa shape index (κ3) is 2.37. The maximum Gasteiger partial charge on any atom is 0.129 e. The second kappa shape index (κ2) is 5.46. The summed E-state index contributed by atoms with van der Waals surface area (Å²) in [5.74, 6) is -0.315. The van der Waals surface area contributed by atoms with Crippen molar-refractivity contribution in [1.82, 2.24) is 10.3 Å². The molecule has 0 fully saturated rings. The van der Waals surface area contributed by atoms with E-state index in [9.17, 15) is 4.39 Å². The molecule has 1 atom stereocenters. The quantitative estimate of drug-likeness (QED) is 0.918. The van der Waals surface area contributed by atoms with Crippen molar-refractivity contribution in [1.29, 1.82) is 0 Å². The summed E-state index contributed by atoms with van der Waals surface area (Å²) < 4.78 is 14.0. The fourth-order valence-corrected chi connectivity index (χ4v) is 2.29. The summed E-state index contributed by atoms with van der Waals surface area (Å²) in [5, 5.41) is 3.51. The second-order valence-corrected chi connectivity index (χ2v) is 4.50. The van der Waals surface area contributed by atoms with Gasteiger partial charge < -0.3 is 5.32 Å². The highest BCUT2D eigenvalue weighted by molar-refractivity contribution is 6.31. The molecule has 0 aliphatic carbocycles. The Kier molecular flexibility index (Phi) is 3.94. The number of hydrogen-bond donors (Lipinski definition) is 1. The van der Waals surface area contributed by atoms with Crippen LogP contribution in [-0.4, -0.2) is 12.0 Å². The maximum atomic E-state index is 14.0. The van der Waals surface area contributed by atoms with Crippen LogP contribution < -0.4 is 5.32 Å². The lowest BCUT2D eigenvalue weighted by Crippen LogP contribution is -2.20. The van der Waals surface area contributed by atoms with Gasteiger partial charge in [-0.2, -0.15) is 0 Å². The molecule has 1 aromatic heterocycles. The summed E-state index contributed by atoms with van der Waals surface area (Å²) in [5.41, 5.74) is 2.42. The van der Waals surface area contributed by atoms with Crippen LogP contribution in [0.15, 0.2) is 36.7 Å². The van der Waals surface area contributed by atoms with E-state index in [2.05, 4.69) is 10.3 Å². The Morgan fingerprint density at radius 1 is 1.33 bits per heavy atom. The summed E-state index contributed by atoms with van der Waals surface area (Å²) in [7, 11) is 1.78. The zero-order valence-electron chi connectivity index (χ0n) is 10.2. The molecule has 2 aromatic rings. The molecule has 0 saturated carbocycles. The average Bonchev–Trinajstić information content (AvgIpc) is 2.35. The van der Waals surface area contributed by atoms with Gasteiger partial charge in [0.05, 0.1) is 6.04 Å². The van der Waals surface area contributed by atoms with Crippen LogP contribution in [0.2, 0.25) is 5.02 Å². The van der Waals surface area contributed by atoms with E-state index in [4.69, 9.17) is 11.6 Å². The van der Waals surface area contributed by atoms with Crippen LogP contribution in [0, 0.1) is 12.7 Å². The molecular weight excluding hydrogens is 251 g/mol. The molecule has 1 unspecified atom stereocenters. The van der Waals surface area contributed by atoms with Gasteiger partial charge in [0.2, 0.25) is 0 Å². The topological polar surface area (TPSA) is 24.9 Å². The first-order valence-corrected chi connectivity index (χ1v) is 6.04. The van der Waals surface area contributed by atoms with Crippen LogP contribution in [0.5, 0.6) is 0 Å². The van der Waals surface area contributed by atoms with Gasteiger partial charge in [0.25, 0.3) is 0 Å². The largest absolute Gasteiger partial charge is 0.309 e. The van der Waals surface area contributed by atoms with Crippen molar-refractivity contribution in [2.75, 3.05) is 7.05 Å². The van der Waals surface area contributed by atoms with E-state index in [1.807, 2.05) is 13.0 Å². The number of nitrogens with one attached hydrogen (secondary N) is 1. The zero-order chi connectivity index (χ0) is 13.1. The third-order valence-corrected chi connectivity index (χ3v) is 3.30. The van der Waals surface area contributed by atoms with Crippen molar-refractivity contribution < 1.29 is 4.39 Å². The standard InChI is InChI=1S/C14H14ClFN2/c1-9-6-7-18-8-10(9)14(17-2)13-11(15)4-3-5-12(13)16/h3-8,14,17H,1-2H3. The molecule has 0 bridgehead atoms. The van der Waals surface area contributed by atoms with Crippen LogP contribution >= 0.6 is 11.6 Å². The highest BCUT2D eigenvalue weighted by atomic mass is 35.5. The molecule has 0 aliphatic rings. The minimum atomic E-state index is -0.315. The molecule has 4 heteroatoms. The fourth-order valence-electron chi connectivity index (χ4n) is 2.02. The minimum absolute atomic E-state index is 0.299. The van der Waals surface area contributed by atoms with E-state index in [0.717, 1.165) is 11.1 Å². The SMILES string of the molecule is CNC(c1cnccc1C)c1c(F)cccc1Cl. The van der Waals surface area contributed by atoms with Crippen LogP contribution in [0.25, 0.3) is 0 Å². The van der Waals surface area contributed by atoms with Gasteiger partial charge in [0.15, 0.2) is 0 Å². The Labute approximate surface area is 111 Å². The summed E-state index contributed by atoms with van der Waals surface area (Å²) in [4.78, 5) is 4.09. The smallest absolute Gasteiger partial charge is 0.129 e. The number of benzene rings is 1. The first kappa shape index (κ1) is 13.0.